The zero-order valence-corrected chi connectivity index (χ0v) is 8.51. The zero-order valence-electron chi connectivity index (χ0n) is 3.02. The summed E-state index contributed by atoms with van der Waals surface area (Å²) in [5.41, 5.74) is 0. The average molecular weight is 392 g/mol. The Hall–Kier alpha value is 1.67. The number of aliphatic hydroxyl groups excluding tert-OH is 2. The fourth-order valence-corrected chi connectivity index (χ4v) is 0. The van der Waals surface area contributed by atoms with Gasteiger partial charge in [0.05, 0.1) is 13.2 Å². The SMILES string of the molecule is OCCO.[BiH3].[InH3]. The maximum atomic E-state index is 7.62. The van der Waals surface area contributed by atoms with Gasteiger partial charge in [-0.05, 0) is 0 Å². The van der Waals surface area contributed by atoms with Gasteiger partial charge in [-0.2, -0.15) is 0 Å². The molecule has 0 amide bonds. The Morgan fingerprint density at radius 1 is 1.00 bits per heavy atom. The van der Waals surface area contributed by atoms with E-state index in [9.17, 15) is 0 Å². The van der Waals surface area contributed by atoms with Gasteiger partial charge in [-0.3, -0.25) is 0 Å². The van der Waals surface area contributed by atoms with Crippen molar-refractivity contribution in [1.29, 1.82) is 0 Å². The van der Waals surface area contributed by atoms with Crippen LogP contribution in [0.15, 0.2) is 0 Å². The second-order valence-corrected chi connectivity index (χ2v) is 0.447. The predicted octanol–water partition coefficient (Wildman–Crippen LogP) is -3.40. The van der Waals surface area contributed by atoms with Crippen LogP contribution in [0.2, 0.25) is 0 Å². The Bertz CT molecular complexity index is 13.5. The number of rotatable bonds is 1. The summed E-state index contributed by atoms with van der Waals surface area (Å²) in [6, 6.07) is 0. The van der Waals surface area contributed by atoms with Gasteiger partial charge < -0.3 is 10.2 Å². The minimum atomic E-state index is -0.125. The second-order valence-electron chi connectivity index (χ2n) is 0.447. The second kappa shape index (κ2) is 15.9. The molecule has 0 aromatic heterocycles. The summed E-state index contributed by atoms with van der Waals surface area (Å²) in [5.74, 6) is 0. The van der Waals surface area contributed by atoms with Crippen molar-refractivity contribution in [3.63, 3.8) is 0 Å². The average Bonchev–Trinajstić information content (AvgIpc) is 1.37. The van der Waals surface area contributed by atoms with Gasteiger partial charge in [-0.25, -0.2) is 0 Å². The zero-order chi connectivity index (χ0) is 3.41. The minimum absolute atomic E-state index is 0. The third-order valence-electron chi connectivity index (χ3n) is 0.1000. The van der Waals surface area contributed by atoms with Crippen LogP contribution >= 0.6 is 0 Å². The first kappa shape index (κ1) is 15.6. The molecule has 2 N–H and O–H groups in total. The van der Waals surface area contributed by atoms with E-state index in [0.29, 0.717) is 0 Å². The molecule has 0 bridgehead atoms. The van der Waals surface area contributed by atoms with E-state index in [1.54, 1.807) is 0 Å². The summed E-state index contributed by atoms with van der Waals surface area (Å²) < 4.78 is 0. The molecule has 4 heteroatoms. The molecule has 0 atom stereocenters. The fourth-order valence-electron chi connectivity index (χ4n) is 0. The van der Waals surface area contributed by atoms with Gasteiger partial charge in [0.25, 0.3) is 0 Å². The van der Waals surface area contributed by atoms with E-state index >= 15 is 0 Å². The van der Waals surface area contributed by atoms with Crippen LogP contribution in [0.4, 0.5) is 0 Å². The van der Waals surface area contributed by atoms with Crippen molar-refractivity contribution in [3.05, 3.63) is 0 Å². The maximum absolute atomic E-state index is 7.62. The van der Waals surface area contributed by atoms with Gasteiger partial charge in [-0.1, -0.05) is 0 Å². The number of hydrogen-bond donors (Lipinski definition) is 2. The molecule has 40 valence electrons. The Balaban J connectivity index is -0.0000000450. The van der Waals surface area contributed by atoms with Crippen molar-refractivity contribution < 1.29 is 10.2 Å². The summed E-state index contributed by atoms with van der Waals surface area (Å²) in [4.78, 5) is 0. The topological polar surface area (TPSA) is 40.5 Å². The van der Waals surface area contributed by atoms with Crippen molar-refractivity contribution >= 4 is 52.0 Å². The summed E-state index contributed by atoms with van der Waals surface area (Å²) in [6.07, 6.45) is 0. The third kappa shape index (κ3) is 17.3. The van der Waals surface area contributed by atoms with Crippen molar-refractivity contribution in [3.8, 4) is 0 Å². The van der Waals surface area contributed by atoms with Crippen molar-refractivity contribution in [2.45, 2.75) is 0 Å². The van der Waals surface area contributed by atoms with Crippen molar-refractivity contribution in [2.75, 3.05) is 13.2 Å². The van der Waals surface area contributed by atoms with Crippen molar-refractivity contribution in [2.24, 2.45) is 0 Å². The van der Waals surface area contributed by atoms with Crippen molar-refractivity contribution in [1.82, 2.24) is 0 Å². The molecule has 0 aliphatic heterocycles. The Labute approximate surface area is 74.8 Å². The standard InChI is InChI=1S/C2H6O2.Bi.In.6H/c3-1-2-4;;;;;;;;/h3-4H,1-2H2;;;;;;;;. The summed E-state index contributed by atoms with van der Waals surface area (Å²) >= 11 is 0. The van der Waals surface area contributed by atoms with Gasteiger partial charge in [0.15, 0.2) is 0 Å². The van der Waals surface area contributed by atoms with E-state index in [2.05, 4.69) is 0 Å². The molecule has 0 aromatic rings. The first-order valence-corrected chi connectivity index (χ1v) is 1.13. The normalized spacial score (nSPS) is 5.00. The Morgan fingerprint density at radius 2 is 1.17 bits per heavy atom. The fraction of sp³-hybridized carbons (Fsp3) is 1.00. The van der Waals surface area contributed by atoms with E-state index in [-0.39, 0.29) is 65.3 Å². The van der Waals surface area contributed by atoms with Crippen LogP contribution in [0.3, 0.4) is 0 Å². The first-order valence-electron chi connectivity index (χ1n) is 1.13. The van der Waals surface area contributed by atoms with E-state index in [1.807, 2.05) is 0 Å². The molecule has 0 aliphatic carbocycles. The van der Waals surface area contributed by atoms with Crippen LogP contribution in [0.1, 0.15) is 0 Å². The van der Waals surface area contributed by atoms with Crippen LogP contribution in [0, 0.1) is 0 Å². The molecule has 0 spiro atoms. The molecular formula is C2H12BiInO2. The van der Waals surface area contributed by atoms with Gasteiger partial charge in [-0.15, -0.1) is 0 Å². The molecule has 0 saturated carbocycles. The molecular weight excluding hydrogens is 380 g/mol. The molecule has 0 unspecified atom stereocenters. The Morgan fingerprint density at radius 3 is 1.17 bits per heavy atom. The molecule has 0 aliphatic rings. The molecule has 0 fully saturated rings. The summed E-state index contributed by atoms with van der Waals surface area (Å²) in [5, 5.41) is 15.2. The monoisotopic (exact) mass is 392 g/mol. The van der Waals surface area contributed by atoms with Crippen LogP contribution in [-0.4, -0.2) is 75.5 Å². The van der Waals surface area contributed by atoms with E-state index in [4.69, 9.17) is 10.2 Å². The molecule has 0 saturated heterocycles. The third-order valence-corrected chi connectivity index (χ3v) is 0.1000. The summed E-state index contributed by atoms with van der Waals surface area (Å²) in [6.45, 7) is -0.250. The number of aliphatic hydroxyl groups is 2. The van der Waals surface area contributed by atoms with Crippen LogP contribution < -0.4 is 0 Å². The van der Waals surface area contributed by atoms with Gasteiger partial charge in [0, 0.05) is 0 Å². The predicted molar refractivity (Wildman–Crippen MR) is 34.0 cm³/mol. The molecule has 0 rings (SSSR count). The van der Waals surface area contributed by atoms with E-state index in [1.165, 1.54) is 0 Å². The number of hydrogen-bond acceptors (Lipinski definition) is 2. The van der Waals surface area contributed by atoms with Crippen LogP contribution in [0.5, 0.6) is 0 Å². The molecule has 0 aromatic carbocycles. The van der Waals surface area contributed by atoms with Gasteiger partial charge in [0.1, 0.15) is 0 Å². The van der Waals surface area contributed by atoms with Gasteiger partial charge >= 0.3 is 52.0 Å². The quantitative estimate of drug-likeness (QED) is 0.458. The molecule has 0 heterocycles. The summed E-state index contributed by atoms with van der Waals surface area (Å²) in [7, 11) is 0. The van der Waals surface area contributed by atoms with Crippen LogP contribution in [0.25, 0.3) is 0 Å². The first-order chi connectivity index (χ1) is 1.91. The molecule has 2 nitrogen and oxygen atoms in total. The van der Waals surface area contributed by atoms with Crippen LogP contribution in [-0.2, 0) is 0 Å². The van der Waals surface area contributed by atoms with E-state index < -0.39 is 0 Å². The van der Waals surface area contributed by atoms with Gasteiger partial charge in [0.2, 0.25) is 0 Å². The molecule has 6 heavy (non-hydrogen) atoms. The Kier molecular flexibility index (Phi) is 41.5. The van der Waals surface area contributed by atoms with E-state index in [0.717, 1.165) is 0 Å². The molecule has 0 radical (unpaired) electrons.